The third-order valence-corrected chi connectivity index (χ3v) is 2.70. The van der Waals surface area contributed by atoms with Crippen molar-refractivity contribution in [1.82, 2.24) is 0 Å². The molecule has 0 N–H and O–H groups in total. The molecule has 0 heterocycles. The molecule has 0 aliphatic rings. The highest BCUT2D eigenvalue weighted by atomic mass is 19.4. The molecule has 0 aromatic heterocycles. The van der Waals surface area contributed by atoms with Crippen LogP contribution in [0.25, 0.3) is 0 Å². The summed E-state index contributed by atoms with van der Waals surface area (Å²) < 4.78 is 37.2. The van der Waals surface area contributed by atoms with Crippen molar-refractivity contribution in [3.05, 3.63) is 29.8 Å². The van der Waals surface area contributed by atoms with Gasteiger partial charge < -0.3 is 4.90 Å². The minimum absolute atomic E-state index is 0.171. The topological polar surface area (TPSA) is 61.2 Å². The monoisotopic (exact) mass is 284 g/mol. The third kappa shape index (κ3) is 3.35. The first-order valence-corrected chi connectivity index (χ1v) is 5.53. The second-order valence-electron chi connectivity index (χ2n) is 4.11. The Morgan fingerprint density at radius 2 is 1.75 bits per heavy atom. The molecule has 106 valence electrons. The maximum Gasteiger partial charge on any atom is 0.416 e. The summed E-state index contributed by atoms with van der Waals surface area (Å²) >= 11 is 0. The molecule has 0 fully saturated rings. The number of hydrogen-bond acceptors (Lipinski definition) is 3. The molecule has 1 amide bonds. The van der Waals surface area contributed by atoms with Crippen molar-refractivity contribution in [2.45, 2.75) is 13.1 Å². The number of anilines is 1. The standard InChI is InChI=1S/C13H11F3N2O2/c1-8(19)11(7-17)12(20)18(2)10-5-3-9(4-6-10)13(14,15)16/h3-6,11H,1-2H3. The largest absolute Gasteiger partial charge is 0.416 e. The Labute approximate surface area is 113 Å². The summed E-state index contributed by atoms with van der Waals surface area (Å²) in [6.07, 6.45) is -4.46. The van der Waals surface area contributed by atoms with Crippen molar-refractivity contribution in [1.29, 1.82) is 5.26 Å². The molecule has 1 unspecified atom stereocenters. The first-order valence-electron chi connectivity index (χ1n) is 5.53. The van der Waals surface area contributed by atoms with E-state index in [4.69, 9.17) is 5.26 Å². The Balaban J connectivity index is 2.99. The van der Waals surface area contributed by atoms with Gasteiger partial charge in [-0.2, -0.15) is 18.4 Å². The lowest BCUT2D eigenvalue weighted by Gasteiger charge is -2.19. The van der Waals surface area contributed by atoms with E-state index in [9.17, 15) is 22.8 Å². The van der Waals surface area contributed by atoms with E-state index < -0.39 is 29.3 Å². The molecule has 1 rings (SSSR count). The van der Waals surface area contributed by atoms with Gasteiger partial charge >= 0.3 is 6.18 Å². The molecule has 0 aliphatic heterocycles. The molecule has 0 spiro atoms. The van der Waals surface area contributed by atoms with Crippen LogP contribution in [-0.2, 0) is 15.8 Å². The Kier molecular flexibility index (Phi) is 4.50. The second-order valence-corrected chi connectivity index (χ2v) is 4.11. The van der Waals surface area contributed by atoms with E-state index in [1.54, 1.807) is 6.07 Å². The van der Waals surface area contributed by atoms with Gasteiger partial charge in [0.25, 0.3) is 5.91 Å². The number of nitrogens with zero attached hydrogens (tertiary/aromatic N) is 2. The van der Waals surface area contributed by atoms with Gasteiger partial charge in [-0.1, -0.05) is 0 Å². The van der Waals surface area contributed by atoms with Crippen LogP contribution in [0.4, 0.5) is 18.9 Å². The molecule has 0 aliphatic carbocycles. The number of rotatable bonds is 3. The van der Waals surface area contributed by atoms with Crippen LogP contribution in [0.3, 0.4) is 0 Å². The van der Waals surface area contributed by atoms with Crippen LogP contribution in [0.5, 0.6) is 0 Å². The highest BCUT2D eigenvalue weighted by Crippen LogP contribution is 2.30. The lowest BCUT2D eigenvalue weighted by atomic mass is 10.1. The third-order valence-electron chi connectivity index (χ3n) is 2.70. The predicted octanol–water partition coefficient (Wildman–Crippen LogP) is 2.40. The molecule has 4 nitrogen and oxygen atoms in total. The fourth-order valence-corrected chi connectivity index (χ4v) is 1.51. The van der Waals surface area contributed by atoms with Crippen LogP contribution in [0, 0.1) is 17.2 Å². The number of alkyl halides is 3. The Morgan fingerprint density at radius 3 is 2.10 bits per heavy atom. The first-order chi connectivity index (χ1) is 9.18. The van der Waals surface area contributed by atoms with Crippen molar-refractivity contribution in [3.8, 4) is 6.07 Å². The van der Waals surface area contributed by atoms with Gasteiger partial charge in [-0.25, -0.2) is 0 Å². The lowest BCUT2D eigenvalue weighted by Crippen LogP contribution is -2.35. The van der Waals surface area contributed by atoms with Crippen molar-refractivity contribution < 1.29 is 22.8 Å². The quantitative estimate of drug-likeness (QED) is 0.801. The number of hydrogen-bond donors (Lipinski definition) is 0. The highest BCUT2D eigenvalue weighted by Gasteiger charge is 2.31. The molecular formula is C13H11F3N2O2. The molecule has 20 heavy (non-hydrogen) atoms. The zero-order valence-electron chi connectivity index (χ0n) is 10.7. The van der Waals surface area contributed by atoms with Crippen molar-refractivity contribution in [3.63, 3.8) is 0 Å². The van der Waals surface area contributed by atoms with Crippen molar-refractivity contribution in [2.75, 3.05) is 11.9 Å². The van der Waals surface area contributed by atoms with Crippen LogP contribution in [0.2, 0.25) is 0 Å². The number of carbonyl (C=O) groups excluding carboxylic acids is 2. The smallest absolute Gasteiger partial charge is 0.314 e. The highest BCUT2D eigenvalue weighted by molar-refractivity contribution is 6.09. The van der Waals surface area contributed by atoms with Gasteiger partial charge in [-0.3, -0.25) is 9.59 Å². The van der Waals surface area contributed by atoms with Crippen molar-refractivity contribution in [2.24, 2.45) is 5.92 Å². The molecule has 1 aromatic rings. The van der Waals surface area contributed by atoms with Crippen molar-refractivity contribution >= 4 is 17.4 Å². The molecule has 0 radical (unpaired) electrons. The van der Waals surface area contributed by atoms with E-state index in [-0.39, 0.29) is 5.69 Å². The zero-order valence-corrected chi connectivity index (χ0v) is 10.7. The van der Waals surface area contributed by atoms with E-state index in [2.05, 4.69) is 0 Å². The van der Waals surface area contributed by atoms with E-state index >= 15 is 0 Å². The summed E-state index contributed by atoms with van der Waals surface area (Å²) in [5, 5.41) is 8.75. The minimum Gasteiger partial charge on any atom is -0.314 e. The fourth-order valence-electron chi connectivity index (χ4n) is 1.51. The SMILES string of the molecule is CC(=O)C(C#N)C(=O)N(C)c1ccc(C(F)(F)F)cc1. The number of nitriles is 1. The number of halogens is 3. The van der Waals surface area contributed by atoms with E-state index in [0.29, 0.717) is 0 Å². The maximum atomic E-state index is 12.4. The molecule has 0 bridgehead atoms. The zero-order chi connectivity index (χ0) is 15.5. The fraction of sp³-hybridized carbons (Fsp3) is 0.308. The van der Waals surface area contributed by atoms with Gasteiger partial charge in [0, 0.05) is 12.7 Å². The number of Topliss-reactive ketones (excluding diaryl/α,β-unsaturated/α-hetero) is 1. The Bertz CT molecular complexity index is 558. The number of amides is 1. The lowest BCUT2D eigenvalue weighted by molar-refractivity contribution is -0.137. The minimum atomic E-state index is -4.46. The predicted molar refractivity (Wildman–Crippen MR) is 64.6 cm³/mol. The summed E-state index contributed by atoms with van der Waals surface area (Å²) in [6.45, 7) is 1.10. The van der Waals surface area contributed by atoms with Crippen LogP contribution >= 0.6 is 0 Å². The number of carbonyl (C=O) groups is 2. The van der Waals surface area contributed by atoms with E-state index in [1.165, 1.54) is 7.05 Å². The van der Waals surface area contributed by atoms with Crippen LogP contribution in [0.1, 0.15) is 12.5 Å². The average Bonchev–Trinajstić information content (AvgIpc) is 2.37. The van der Waals surface area contributed by atoms with Gasteiger partial charge in [-0.05, 0) is 31.2 Å². The number of ketones is 1. The van der Waals surface area contributed by atoms with Crippen LogP contribution in [0.15, 0.2) is 24.3 Å². The van der Waals surface area contributed by atoms with Gasteiger partial charge in [0.2, 0.25) is 0 Å². The maximum absolute atomic E-state index is 12.4. The molecule has 0 saturated heterocycles. The summed E-state index contributed by atoms with van der Waals surface area (Å²) in [5.74, 6) is -2.85. The van der Waals surface area contributed by atoms with E-state index in [1.807, 2.05) is 0 Å². The van der Waals surface area contributed by atoms with Crippen LogP contribution in [-0.4, -0.2) is 18.7 Å². The van der Waals surface area contributed by atoms with Crippen LogP contribution < -0.4 is 4.90 Å². The Hall–Kier alpha value is -2.36. The average molecular weight is 284 g/mol. The van der Waals surface area contributed by atoms with E-state index in [0.717, 1.165) is 36.1 Å². The van der Waals surface area contributed by atoms with Gasteiger partial charge in [0.05, 0.1) is 11.6 Å². The normalized spacial score (nSPS) is 12.4. The summed E-state index contributed by atoms with van der Waals surface area (Å²) in [7, 11) is 1.29. The first kappa shape index (κ1) is 15.7. The summed E-state index contributed by atoms with van der Waals surface area (Å²) in [5.41, 5.74) is -0.671. The molecule has 1 aromatic carbocycles. The Morgan fingerprint density at radius 1 is 1.25 bits per heavy atom. The van der Waals surface area contributed by atoms with Gasteiger partial charge in [-0.15, -0.1) is 0 Å². The molecule has 0 saturated carbocycles. The summed E-state index contributed by atoms with van der Waals surface area (Å²) in [4.78, 5) is 24.0. The molecule has 1 atom stereocenters. The van der Waals surface area contributed by atoms with Gasteiger partial charge in [0.1, 0.15) is 0 Å². The van der Waals surface area contributed by atoms with Gasteiger partial charge in [0.15, 0.2) is 11.7 Å². The number of benzene rings is 1. The summed E-state index contributed by atoms with van der Waals surface area (Å²) in [6, 6.07) is 5.43. The molecular weight excluding hydrogens is 273 g/mol. The molecule has 7 heteroatoms. The second kappa shape index (κ2) is 5.74.